The SMILES string of the molecule is Cc1nc(SCC(=O)N(C2CCCC2)[C@@H]2CCS(=O)(=O)C2)c2cc(-c3ccccc3)sc2n1. The molecule has 1 atom stereocenters. The molecule has 0 N–H and O–H groups in total. The normalized spacial score (nSPS) is 20.5. The first-order valence-electron chi connectivity index (χ1n) is 11.4. The van der Waals surface area contributed by atoms with E-state index in [9.17, 15) is 13.2 Å². The maximum Gasteiger partial charge on any atom is 0.233 e. The average molecular weight is 502 g/mol. The first-order valence-corrected chi connectivity index (χ1v) is 15.0. The van der Waals surface area contributed by atoms with Crippen molar-refractivity contribution in [3.05, 3.63) is 42.2 Å². The summed E-state index contributed by atoms with van der Waals surface area (Å²) in [6, 6.07) is 12.3. The number of fused-ring (bicyclic) bond motifs is 1. The van der Waals surface area contributed by atoms with Gasteiger partial charge < -0.3 is 4.90 Å². The second-order valence-corrected chi connectivity index (χ2v) is 13.1. The highest BCUT2D eigenvalue weighted by atomic mass is 32.2. The molecule has 1 saturated carbocycles. The van der Waals surface area contributed by atoms with Gasteiger partial charge in [-0.05, 0) is 37.8 Å². The van der Waals surface area contributed by atoms with Crippen LogP contribution in [0.15, 0.2) is 41.4 Å². The summed E-state index contributed by atoms with van der Waals surface area (Å²) in [5.74, 6) is 1.26. The molecule has 6 nitrogen and oxygen atoms in total. The molecule has 1 aliphatic heterocycles. The molecule has 33 heavy (non-hydrogen) atoms. The topological polar surface area (TPSA) is 80.2 Å². The Morgan fingerprint density at radius 1 is 1.12 bits per heavy atom. The fourth-order valence-corrected chi connectivity index (χ4v) is 8.71. The van der Waals surface area contributed by atoms with Crippen LogP contribution in [0.1, 0.15) is 37.9 Å². The number of hydrogen-bond donors (Lipinski definition) is 0. The highest BCUT2D eigenvalue weighted by Gasteiger charge is 2.38. The number of amides is 1. The third-order valence-corrected chi connectivity index (χ3v) is 10.3. The molecule has 1 amide bonds. The Bertz CT molecular complexity index is 1270. The van der Waals surface area contributed by atoms with Crippen LogP contribution in [0.4, 0.5) is 0 Å². The number of hydrogen-bond acceptors (Lipinski definition) is 7. The molecule has 0 bridgehead atoms. The van der Waals surface area contributed by atoms with Crippen molar-refractivity contribution in [2.75, 3.05) is 17.3 Å². The number of nitrogens with zero attached hydrogens (tertiary/aromatic N) is 3. The van der Waals surface area contributed by atoms with Crippen LogP contribution in [0.5, 0.6) is 0 Å². The Morgan fingerprint density at radius 2 is 1.88 bits per heavy atom. The molecule has 174 valence electrons. The monoisotopic (exact) mass is 501 g/mol. The molecular formula is C24H27N3O3S3. The van der Waals surface area contributed by atoms with E-state index in [1.165, 1.54) is 11.8 Å². The van der Waals surface area contributed by atoms with Gasteiger partial charge in [0.2, 0.25) is 5.91 Å². The number of aromatic nitrogens is 2. The van der Waals surface area contributed by atoms with Crippen molar-refractivity contribution in [2.24, 2.45) is 0 Å². The molecule has 2 fully saturated rings. The van der Waals surface area contributed by atoms with Crippen molar-refractivity contribution < 1.29 is 13.2 Å². The number of carbonyl (C=O) groups is 1. The van der Waals surface area contributed by atoms with Gasteiger partial charge in [0.05, 0.1) is 17.3 Å². The first kappa shape index (κ1) is 22.8. The number of thioether (sulfide) groups is 1. The lowest BCUT2D eigenvalue weighted by molar-refractivity contribution is -0.132. The quantitative estimate of drug-likeness (QED) is 0.359. The van der Waals surface area contributed by atoms with Gasteiger partial charge in [0.1, 0.15) is 15.7 Å². The standard InChI is InChI=1S/C24H27N3O3S3/c1-16-25-23(20-13-21(32-24(20)26-16)17-7-3-2-4-8-17)31-14-22(28)27(18-9-5-6-10-18)19-11-12-33(29,30)15-19/h2-4,7-8,13,18-19H,5-6,9-12,14-15H2,1H3/t19-/m1/s1. The highest BCUT2D eigenvalue weighted by Crippen LogP contribution is 2.37. The van der Waals surface area contributed by atoms with E-state index >= 15 is 0 Å². The van der Waals surface area contributed by atoms with Gasteiger partial charge in [0, 0.05) is 22.3 Å². The van der Waals surface area contributed by atoms with E-state index < -0.39 is 9.84 Å². The molecule has 1 saturated heterocycles. The zero-order chi connectivity index (χ0) is 23.0. The van der Waals surface area contributed by atoms with Gasteiger partial charge in [-0.1, -0.05) is 54.9 Å². The smallest absolute Gasteiger partial charge is 0.233 e. The Morgan fingerprint density at radius 3 is 2.58 bits per heavy atom. The average Bonchev–Trinajstić information content (AvgIpc) is 3.53. The van der Waals surface area contributed by atoms with Gasteiger partial charge >= 0.3 is 0 Å². The van der Waals surface area contributed by atoms with E-state index in [1.807, 2.05) is 30.0 Å². The van der Waals surface area contributed by atoms with Crippen LogP contribution in [0.2, 0.25) is 0 Å². The molecule has 3 aromatic rings. The summed E-state index contributed by atoms with van der Waals surface area (Å²) in [7, 11) is -3.05. The Hall–Kier alpha value is -1.97. The minimum absolute atomic E-state index is 0.0249. The van der Waals surface area contributed by atoms with Crippen molar-refractivity contribution in [3.8, 4) is 10.4 Å². The minimum atomic E-state index is -3.05. The van der Waals surface area contributed by atoms with Crippen LogP contribution >= 0.6 is 23.1 Å². The first-order chi connectivity index (χ1) is 15.9. The van der Waals surface area contributed by atoms with Crippen LogP contribution in [-0.4, -0.2) is 58.5 Å². The van der Waals surface area contributed by atoms with Crippen molar-refractivity contribution in [1.82, 2.24) is 14.9 Å². The van der Waals surface area contributed by atoms with Gasteiger partial charge in [-0.2, -0.15) is 0 Å². The third kappa shape index (κ3) is 4.95. The van der Waals surface area contributed by atoms with Crippen LogP contribution in [0, 0.1) is 6.92 Å². The van der Waals surface area contributed by atoms with Gasteiger partial charge in [-0.3, -0.25) is 4.79 Å². The number of sulfone groups is 1. The zero-order valence-corrected chi connectivity index (χ0v) is 21.0. The Balaban J connectivity index is 1.38. The molecule has 1 aliphatic carbocycles. The third-order valence-electron chi connectivity index (χ3n) is 6.47. The molecule has 5 rings (SSSR count). The summed E-state index contributed by atoms with van der Waals surface area (Å²) in [5.41, 5.74) is 1.14. The lowest BCUT2D eigenvalue weighted by Crippen LogP contribution is -2.47. The molecule has 1 aromatic carbocycles. The van der Waals surface area contributed by atoms with Gasteiger partial charge in [0.15, 0.2) is 9.84 Å². The van der Waals surface area contributed by atoms with Crippen molar-refractivity contribution in [2.45, 2.75) is 56.1 Å². The number of rotatable bonds is 6. The van der Waals surface area contributed by atoms with E-state index in [0.717, 1.165) is 51.4 Å². The molecule has 9 heteroatoms. The summed E-state index contributed by atoms with van der Waals surface area (Å²) < 4.78 is 24.2. The maximum atomic E-state index is 13.4. The summed E-state index contributed by atoms with van der Waals surface area (Å²) in [6.45, 7) is 1.88. The summed E-state index contributed by atoms with van der Waals surface area (Å²) in [4.78, 5) is 26.7. The van der Waals surface area contributed by atoms with Crippen molar-refractivity contribution in [1.29, 1.82) is 0 Å². The van der Waals surface area contributed by atoms with E-state index in [0.29, 0.717) is 12.2 Å². The van der Waals surface area contributed by atoms with Crippen LogP contribution in [-0.2, 0) is 14.6 Å². The summed E-state index contributed by atoms with van der Waals surface area (Å²) in [6.07, 6.45) is 4.69. The maximum absolute atomic E-state index is 13.4. The Labute approximate surface area is 202 Å². The highest BCUT2D eigenvalue weighted by molar-refractivity contribution is 8.00. The second-order valence-electron chi connectivity index (χ2n) is 8.86. The molecule has 2 aliphatic rings. The largest absolute Gasteiger partial charge is 0.335 e. The van der Waals surface area contributed by atoms with Crippen molar-refractivity contribution in [3.63, 3.8) is 0 Å². The fourth-order valence-electron chi connectivity index (χ4n) is 4.94. The minimum Gasteiger partial charge on any atom is -0.335 e. The lowest BCUT2D eigenvalue weighted by atomic mass is 10.1. The van der Waals surface area contributed by atoms with E-state index in [1.54, 1.807) is 11.3 Å². The van der Waals surface area contributed by atoms with Gasteiger partial charge in [-0.15, -0.1) is 11.3 Å². The fraction of sp³-hybridized carbons (Fsp3) is 0.458. The van der Waals surface area contributed by atoms with Crippen LogP contribution in [0.25, 0.3) is 20.7 Å². The molecule has 0 radical (unpaired) electrons. The molecule has 3 heterocycles. The summed E-state index contributed by atoms with van der Waals surface area (Å²) in [5, 5.41) is 1.79. The number of carbonyl (C=O) groups excluding carboxylic acids is 1. The van der Waals surface area contributed by atoms with Crippen molar-refractivity contribution >= 4 is 49.1 Å². The van der Waals surface area contributed by atoms with E-state index in [2.05, 4.69) is 28.2 Å². The number of thiophene rings is 1. The zero-order valence-electron chi connectivity index (χ0n) is 18.6. The van der Waals surface area contributed by atoms with Crippen LogP contribution < -0.4 is 0 Å². The van der Waals surface area contributed by atoms with E-state index in [4.69, 9.17) is 0 Å². The van der Waals surface area contributed by atoms with Crippen LogP contribution in [0.3, 0.4) is 0 Å². The number of aryl methyl sites for hydroxylation is 1. The van der Waals surface area contributed by atoms with Gasteiger partial charge in [-0.25, -0.2) is 18.4 Å². The van der Waals surface area contributed by atoms with E-state index in [-0.39, 0.29) is 35.2 Å². The Kier molecular flexibility index (Phi) is 6.46. The second kappa shape index (κ2) is 9.35. The lowest BCUT2D eigenvalue weighted by Gasteiger charge is -2.34. The predicted molar refractivity (Wildman–Crippen MR) is 134 cm³/mol. The molecule has 2 aromatic heterocycles. The number of benzene rings is 1. The predicted octanol–water partition coefficient (Wildman–Crippen LogP) is 4.72. The molecule has 0 spiro atoms. The summed E-state index contributed by atoms with van der Waals surface area (Å²) >= 11 is 3.07. The van der Waals surface area contributed by atoms with Gasteiger partial charge in [0.25, 0.3) is 0 Å². The molecular weight excluding hydrogens is 474 g/mol. The molecule has 0 unspecified atom stereocenters.